The van der Waals surface area contributed by atoms with Crippen LogP contribution in [0.2, 0.25) is 0 Å². The van der Waals surface area contributed by atoms with Crippen LogP contribution in [0.25, 0.3) is 0 Å². The molecule has 0 spiro atoms. The van der Waals surface area contributed by atoms with Crippen LogP contribution in [0.4, 0.5) is 0 Å². The van der Waals surface area contributed by atoms with Crippen molar-refractivity contribution in [1.82, 2.24) is 4.90 Å². The van der Waals surface area contributed by atoms with Crippen molar-refractivity contribution in [2.24, 2.45) is 5.92 Å². The Labute approximate surface area is 62.4 Å². The zero-order chi connectivity index (χ0) is 6.97. The van der Waals surface area contributed by atoms with Gasteiger partial charge in [-0.1, -0.05) is 5.92 Å². The molecule has 0 N–H and O–H groups in total. The Morgan fingerprint density at radius 3 is 2.80 bits per heavy atom. The minimum atomic E-state index is 0.908. The van der Waals surface area contributed by atoms with Crippen molar-refractivity contribution in [2.45, 2.75) is 25.8 Å². The first kappa shape index (κ1) is 6.24. The largest absolute Gasteiger partial charge is 0.289 e. The molecule has 1 saturated carbocycles. The van der Waals surface area contributed by atoms with Crippen molar-refractivity contribution in [2.75, 3.05) is 13.1 Å². The van der Waals surface area contributed by atoms with Gasteiger partial charge in [0.15, 0.2) is 0 Å². The lowest BCUT2D eigenvalue weighted by Gasteiger charge is -2.24. The highest BCUT2D eigenvalue weighted by Gasteiger charge is 2.41. The molecule has 10 heavy (non-hydrogen) atoms. The number of hydrogen-bond acceptors (Lipinski definition) is 1. The number of nitrogens with zero attached hydrogens (tertiary/aromatic N) is 1. The summed E-state index contributed by atoms with van der Waals surface area (Å²) in [6.07, 6.45) is 2.90. The van der Waals surface area contributed by atoms with Gasteiger partial charge >= 0.3 is 0 Å². The minimum absolute atomic E-state index is 0.908. The van der Waals surface area contributed by atoms with Crippen LogP contribution in [-0.2, 0) is 0 Å². The lowest BCUT2D eigenvalue weighted by molar-refractivity contribution is 0.268. The van der Waals surface area contributed by atoms with E-state index in [-0.39, 0.29) is 0 Å². The Balaban J connectivity index is 1.87. The number of rotatable bonds is 1. The molecule has 0 amide bonds. The molecule has 0 aromatic rings. The molecule has 1 nitrogen and oxygen atoms in total. The third-order valence-corrected chi connectivity index (χ3v) is 2.68. The SMILES string of the molecule is CC#CCN1CC2CC1C2. The number of hydrogen-bond donors (Lipinski definition) is 0. The summed E-state index contributed by atoms with van der Waals surface area (Å²) in [6.45, 7) is 4.25. The van der Waals surface area contributed by atoms with Gasteiger partial charge in [-0.25, -0.2) is 0 Å². The average Bonchev–Trinajstić information content (AvgIpc) is 2.37. The first-order valence-corrected chi connectivity index (χ1v) is 4.04. The second kappa shape index (κ2) is 2.29. The maximum Gasteiger partial charge on any atom is 0.0603 e. The van der Waals surface area contributed by atoms with Gasteiger partial charge in [-0.15, -0.1) is 5.92 Å². The molecule has 0 radical (unpaired) electrons. The van der Waals surface area contributed by atoms with Crippen LogP contribution in [0.5, 0.6) is 0 Å². The van der Waals surface area contributed by atoms with Crippen molar-refractivity contribution >= 4 is 0 Å². The van der Waals surface area contributed by atoms with Crippen LogP contribution in [-0.4, -0.2) is 24.0 Å². The first-order valence-electron chi connectivity index (χ1n) is 4.04. The fourth-order valence-electron chi connectivity index (χ4n) is 2.00. The zero-order valence-electron chi connectivity index (χ0n) is 6.43. The normalized spacial score (nSPS) is 36.5. The molecule has 2 heterocycles. The average molecular weight is 135 g/mol. The second-order valence-corrected chi connectivity index (χ2v) is 3.35. The highest BCUT2D eigenvalue weighted by molar-refractivity contribution is 5.04. The molecule has 3 aliphatic rings. The Morgan fingerprint density at radius 1 is 1.50 bits per heavy atom. The summed E-state index contributed by atoms with van der Waals surface area (Å²) in [6, 6.07) is 0.908. The summed E-state index contributed by atoms with van der Waals surface area (Å²) >= 11 is 0. The lowest BCUT2D eigenvalue weighted by Crippen LogP contribution is -2.28. The van der Waals surface area contributed by atoms with E-state index in [1.165, 1.54) is 19.4 Å². The van der Waals surface area contributed by atoms with Crippen molar-refractivity contribution in [3.63, 3.8) is 0 Å². The highest BCUT2D eigenvalue weighted by atomic mass is 15.2. The summed E-state index contributed by atoms with van der Waals surface area (Å²) in [7, 11) is 0. The summed E-state index contributed by atoms with van der Waals surface area (Å²) in [5.74, 6) is 7.10. The zero-order valence-corrected chi connectivity index (χ0v) is 6.43. The van der Waals surface area contributed by atoms with Crippen molar-refractivity contribution in [1.29, 1.82) is 0 Å². The van der Waals surface area contributed by atoms with Crippen molar-refractivity contribution in [3.8, 4) is 11.8 Å². The van der Waals surface area contributed by atoms with Gasteiger partial charge in [0, 0.05) is 12.6 Å². The Bertz CT molecular complexity index is 181. The van der Waals surface area contributed by atoms with Crippen LogP contribution in [0.15, 0.2) is 0 Å². The standard InChI is InChI=1S/C9H13N/c1-2-3-4-10-7-8-5-9(10)6-8/h8-9H,4-7H2,1H3. The minimum Gasteiger partial charge on any atom is -0.289 e. The summed E-state index contributed by atoms with van der Waals surface area (Å²) < 4.78 is 0. The van der Waals surface area contributed by atoms with E-state index in [0.29, 0.717) is 0 Å². The van der Waals surface area contributed by atoms with E-state index < -0.39 is 0 Å². The maximum absolute atomic E-state index is 3.12. The summed E-state index contributed by atoms with van der Waals surface area (Å²) in [5, 5.41) is 0. The van der Waals surface area contributed by atoms with Gasteiger partial charge in [-0.3, -0.25) is 4.90 Å². The third-order valence-electron chi connectivity index (χ3n) is 2.68. The topological polar surface area (TPSA) is 3.24 Å². The molecular weight excluding hydrogens is 122 g/mol. The molecule has 0 aromatic heterocycles. The monoisotopic (exact) mass is 135 g/mol. The molecule has 0 atom stereocenters. The van der Waals surface area contributed by atoms with Crippen molar-refractivity contribution < 1.29 is 0 Å². The van der Waals surface area contributed by atoms with Gasteiger partial charge in [0.1, 0.15) is 0 Å². The predicted octanol–water partition coefficient (Wildman–Crippen LogP) is 1.10. The highest BCUT2D eigenvalue weighted by Crippen LogP contribution is 2.39. The Morgan fingerprint density at radius 2 is 2.30 bits per heavy atom. The molecule has 3 rings (SSSR count). The van der Waals surface area contributed by atoms with Gasteiger partial charge < -0.3 is 0 Å². The van der Waals surface area contributed by atoms with Crippen molar-refractivity contribution in [3.05, 3.63) is 0 Å². The van der Waals surface area contributed by atoms with E-state index in [1.807, 2.05) is 6.92 Å². The summed E-state index contributed by atoms with van der Waals surface area (Å²) in [5.41, 5.74) is 0. The van der Waals surface area contributed by atoms with Crippen LogP contribution in [0.1, 0.15) is 19.8 Å². The van der Waals surface area contributed by atoms with Crippen LogP contribution in [0.3, 0.4) is 0 Å². The van der Waals surface area contributed by atoms with Gasteiger partial charge in [-0.2, -0.15) is 0 Å². The predicted molar refractivity (Wildman–Crippen MR) is 41.5 cm³/mol. The quantitative estimate of drug-likeness (QED) is 0.487. The van der Waals surface area contributed by atoms with E-state index in [2.05, 4.69) is 16.7 Å². The van der Waals surface area contributed by atoms with E-state index in [0.717, 1.165) is 18.5 Å². The third kappa shape index (κ3) is 0.839. The van der Waals surface area contributed by atoms with E-state index >= 15 is 0 Å². The molecule has 2 bridgehead atoms. The molecule has 3 fully saturated rings. The Kier molecular flexibility index (Phi) is 1.43. The van der Waals surface area contributed by atoms with Gasteiger partial charge in [0.2, 0.25) is 0 Å². The van der Waals surface area contributed by atoms with E-state index in [1.54, 1.807) is 0 Å². The fourth-order valence-corrected chi connectivity index (χ4v) is 2.00. The molecule has 54 valence electrons. The lowest BCUT2D eigenvalue weighted by atomic mass is 9.86. The molecule has 1 heteroatoms. The smallest absolute Gasteiger partial charge is 0.0603 e. The molecule has 0 aromatic carbocycles. The summed E-state index contributed by atoms with van der Waals surface area (Å²) in [4.78, 5) is 2.52. The fraction of sp³-hybridized carbons (Fsp3) is 0.778. The molecule has 2 aliphatic heterocycles. The van der Waals surface area contributed by atoms with E-state index in [4.69, 9.17) is 0 Å². The molecule has 1 aliphatic carbocycles. The molecule has 2 saturated heterocycles. The van der Waals surface area contributed by atoms with Crippen LogP contribution >= 0.6 is 0 Å². The first-order chi connectivity index (χ1) is 4.90. The number of fused-ring (bicyclic) bond motifs is 1. The van der Waals surface area contributed by atoms with Crippen LogP contribution < -0.4 is 0 Å². The van der Waals surface area contributed by atoms with Gasteiger partial charge in [0.25, 0.3) is 0 Å². The van der Waals surface area contributed by atoms with Gasteiger partial charge in [-0.05, 0) is 25.7 Å². The van der Waals surface area contributed by atoms with E-state index in [9.17, 15) is 0 Å². The molecule has 0 unspecified atom stereocenters. The van der Waals surface area contributed by atoms with Crippen LogP contribution in [0, 0.1) is 17.8 Å². The maximum atomic E-state index is 3.12. The second-order valence-electron chi connectivity index (χ2n) is 3.35. The molecular formula is C9H13N. The van der Waals surface area contributed by atoms with Gasteiger partial charge in [0.05, 0.1) is 6.54 Å². The Hall–Kier alpha value is -0.480.